The summed E-state index contributed by atoms with van der Waals surface area (Å²) >= 11 is 0. The average molecular weight is 531 g/mol. The number of allylic oxidation sites excluding steroid dienone is 2. The molecule has 0 aromatic heterocycles. The van der Waals surface area contributed by atoms with Crippen molar-refractivity contribution in [1.82, 2.24) is 0 Å². The Labute approximate surface area is 227 Å². The highest BCUT2D eigenvalue weighted by atomic mass is 16.5. The first-order valence-corrected chi connectivity index (χ1v) is 14.3. The lowest BCUT2D eigenvalue weighted by atomic mass is 9.40. The molecule has 3 aliphatic carbocycles. The number of carbonyl (C=O) groups is 3. The van der Waals surface area contributed by atoms with Gasteiger partial charge in [-0.25, -0.2) is 4.79 Å². The molecule has 4 fully saturated rings. The molecule has 1 saturated heterocycles. The fourth-order valence-electron chi connectivity index (χ4n) is 9.15. The fraction of sp³-hybridized carbons (Fsp3) is 0.774. The van der Waals surface area contributed by atoms with Gasteiger partial charge in [-0.1, -0.05) is 39.3 Å². The maximum atomic E-state index is 13.9. The summed E-state index contributed by atoms with van der Waals surface area (Å²) in [4.78, 5) is 38.8. The molecule has 1 aliphatic heterocycles. The van der Waals surface area contributed by atoms with E-state index < -0.39 is 28.9 Å². The van der Waals surface area contributed by atoms with Gasteiger partial charge in [0.1, 0.15) is 6.10 Å². The summed E-state index contributed by atoms with van der Waals surface area (Å²) in [7, 11) is 0. The van der Waals surface area contributed by atoms with E-state index in [9.17, 15) is 24.6 Å². The Kier molecular flexibility index (Phi) is 7.67. The summed E-state index contributed by atoms with van der Waals surface area (Å²) in [6.45, 7) is 14.1. The number of aliphatic hydroxyl groups excluding tert-OH is 1. The van der Waals surface area contributed by atoms with E-state index in [2.05, 4.69) is 27.7 Å². The van der Waals surface area contributed by atoms with Gasteiger partial charge in [0.25, 0.3) is 0 Å². The van der Waals surface area contributed by atoms with Gasteiger partial charge in [-0.2, -0.15) is 0 Å². The minimum atomic E-state index is -1.01. The van der Waals surface area contributed by atoms with Gasteiger partial charge in [0.05, 0.1) is 18.6 Å². The standard InChI is InChI=1S/C31H46O7/c1-17(2)9-8-10-20(27(34)35)25-22-16-37-28(36)26-29(5)13-12-23(33)18(3)21(29)11-14-30(26,6)31(22,7)15-24(25)38-19(4)32/h9,18,21-24,26,33H,8,10-16H2,1-7H3,(H,34,35). The number of ether oxygens (including phenoxy) is 2. The summed E-state index contributed by atoms with van der Waals surface area (Å²) < 4.78 is 11.9. The van der Waals surface area contributed by atoms with Crippen molar-refractivity contribution in [2.24, 2.45) is 39.9 Å². The normalized spacial score (nSPS) is 43.5. The second kappa shape index (κ2) is 10.1. The van der Waals surface area contributed by atoms with Gasteiger partial charge in [-0.05, 0) is 92.4 Å². The lowest BCUT2D eigenvalue weighted by Crippen LogP contribution is -2.61. The maximum Gasteiger partial charge on any atom is 0.331 e. The van der Waals surface area contributed by atoms with Crippen molar-refractivity contribution in [3.05, 3.63) is 22.8 Å². The van der Waals surface area contributed by atoms with E-state index in [1.807, 2.05) is 19.9 Å². The van der Waals surface area contributed by atoms with E-state index in [0.29, 0.717) is 31.3 Å². The Bertz CT molecular complexity index is 1050. The Morgan fingerprint density at radius 2 is 1.79 bits per heavy atom. The molecule has 212 valence electrons. The van der Waals surface area contributed by atoms with E-state index >= 15 is 0 Å². The number of esters is 2. The van der Waals surface area contributed by atoms with Gasteiger partial charge in [0, 0.05) is 18.4 Å². The molecule has 4 aliphatic rings. The van der Waals surface area contributed by atoms with Crippen LogP contribution >= 0.6 is 0 Å². The summed E-state index contributed by atoms with van der Waals surface area (Å²) in [5.41, 5.74) is 0.680. The van der Waals surface area contributed by atoms with E-state index in [-0.39, 0.29) is 53.3 Å². The molecule has 0 bridgehead atoms. The van der Waals surface area contributed by atoms with E-state index in [1.54, 1.807) is 0 Å². The van der Waals surface area contributed by atoms with Crippen molar-refractivity contribution in [2.45, 2.75) is 106 Å². The summed E-state index contributed by atoms with van der Waals surface area (Å²) in [5.74, 6) is -2.08. The summed E-state index contributed by atoms with van der Waals surface area (Å²) in [6, 6.07) is 0. The van der Waals surface area contributed by atoms with Crippen molar-refractivity contribution in [3.8, 4) is 0 Å². The molecule has 0 spiro atoms. The van der Waals surface area contributed by atoms with Gasteiger partial charge in [0.2, 0.25) is 0 Å². The SMILES string of the molecule is CC(=O)OC1CC2(C)C(COC(=O)C3C4(C)CCC(O)C(C)C4CCC32C)C1=C(CCC=C(C)C)C(=O)O. The van der Waals surface area contributed by atoms with Crippen LogP contribution in [0.15, 0.2) is 22.8 Å². The molecule has 3 saturated carbocycles. The number of rotatable bonds is 5. The van der Waals surface area contributed by atoms with Gasteiger partial charge >= 0.3 is 17.9 Å². The second-order valence-electron chi connectivity index (χ2n) is 13.4. The molecule has 2 N–H and O–H groups in total. The lowest BCUT2D eigenvalue weighted by molar-refractivity contribution is -0.191. The lowest BCUT2D eigenvalue weighted by Gasteiger charge is -2.62. The van der Waals surface area contributed by atoms with Crippen molar-refractivity contribution in [2.75, 3.05) is 6.61 Å². The Balaban J connectivity index is 1.86. The van der Waals surface area contributed by atoms with Crippen LogP contribution in [0.25, 0.3) is 0 Å². The van der Waals surface area contributed by atoms with E-state index in [0.717, 1.165) is 24.8 Å². The van der Waals surface area contributed by atoms with Crippen LogP contribution in [0, 0.1) is 39.9 Å². The fourth-order valence-corrected chi connectivity index (χ4v) is 9.15. The van der Waals surface area contributed by atoms with Crippen LogP contribution in [0.4, 0.5) is 0 Å². The highest BCUT2D eigenvalue weighted by molar-refractivity contribution is 5.88. The molecule has 9 unspecified atom stereocenters. The minimum Gasteiger partial charge on any atom is -0.478 e. The van der Waals surface area contributed by atoms with Crippen LogP contribution in [-0.2, 0) is 23.9 Å². The highest BCUT2D eigenvalue weighted by Crippen LogP contribution is 2.71. The molecule has 0 amide bonds. The Hall–Kier alpha value is -2.15. The first-order valence-electron chi connectivity index (χ1n) is 14.3. The number of hydrogen-bond acceptors (Lipinski definition) is 6. The maximum absolute atomic E-state index is 13.9. The van der Waals surface area contributed by atoms with Gasteiger partial charge in [0.15, 0.2) is 0 Å². The van der Waals surface area contributed by atoms with Crippen LogP contribution < -0.4 is 0 Å². The number of carboxylic acid groups (broad SMARTS) is 1. The number of cyclic esters (lactones) is 1. The minimum absolute atomic E-state index is 0.0902. The van der Waals surface area contributed by atoms with Gasteiger partial charge < -0.3 is 19.7 Å². The second-order valence-corrected chi connectivity index (χ2v) is 13.4. The molecule has 1 heterocycles. The zero-order chi connectivity index (χ0) is 28.2. The van der Waals surface area contributed by atoms with Crippen molar-refractivity contribution >= 4 is 17.9 Å². The predicted octanol–water partition coefficient (Wildman–Crippen LogP) is 5.46. The molecule has 38 heavy (non-hydrogen) atoms. The van der Waals surface area contributed by atoms with Gasteiger partial charge in [-0.3, -0.25) is 9.59 Å². The largest absolute Gasteiger partial charge is 0.478 e. The average Bonchev–Trinajstić information content (AvgIpc) is 3.04. The number of carboxylic acids is 1. The zero-order valence-electron chi connectivity index (χ0n) is 24.1. The van der Waals surface area contributed by atoms with Gasteiger partial charge in [-0.15, -0.1) is 0 Å². The quantitative estimate of drug-likeness (QED) is 0.276. The van der Waals surface area contributed by atoms with E-state index in [1.165, 1.54) is 6.92 Å². The first kappa shape index (κ1) is 28.8. The number of fused-ring (bicyclic) bond motifs is 5. The predicted molar refractivity (Wildman–Crippen MR) is 143 cm³/mol. The number of aliphatic carboxylic acids is 1. The monoisotopic (exact) mass is 530 g/mol. The molecule has 9 atom stereocenters. The molecular weight excluding hydrogens is 484 g/mol. The Morgan fingerprint density at radius 1 is 1.11 bits per heavy atom. The molecule has 7 nitrogen and oxygen atoms in total. The Morgan fingerprint density at radius 3 is 2.39 bits per heavy atom. The number of carbonyl (C=O) groups excluding carboxylic acids is 2. The van der Waals surface area contributed by atoms with Crippen molar-refractivity contribution in [3.63, 3.8) is 0 Å². The first-order chi connectivity index (χ1) is 17.7. The van der Waals surface area contributed by atoms with Crippen LogP contribution in [-0.4, -0.2) is 46.9 Å². The summed E-state index contributed by atoms with van der Waals surface area (Å²) in [6.07, 6.45) is 5.42. The highest BCUT2D eigenvalue weighted by Gasteiger charge is 2.70. The molecule has 4 rings (SSSR count). The third-order valence-corrected chi connectivity index (χ3v) is 11.2. The molecule has 7 heteroatoms. The zero-order valence-corrected chi connectivity index (χ0v) is 24.1. The van der Waals surface area contributed by atoms with E-state index in [4.69, 9.17) is 9.47 Å². The third kappa shape index (κ3) is 4.43. The van der Waals surface area contributed by atoms with Crippen LogP contribution in [0.2, 0.25) is 0 Å². The number of hydrogen-bond donors (Lipinski definition) is 2. The molecule has 0 aromatic rings. The molecule has 0 radical (unpaired) electrons. The van der Waals surface area contributed by atoms with Crippen molar-refractivity contribution < 1.29 is 34.1 Å². The molecule has 0 aromatic carbocycles. The van der Waals surface area contributed by atoms with Crippen molar-refractivity contribution in [1.29, 1.82) is 0 Å². The number of aliphatic hydroxyl groups is 1. The molecular formula is C31H46O7. The van der Waals surface area contributed by atoms with Crippen LogP contribution in [0.1, 0.15) is 93.4 Å². The topological polar surface area (TPSA) is 110 Å². The summed E-state index contributed by atoms with van der Waals surface area (Å²) in [5, 5.41) is 21.0. The smallest absolute Gasteiger partial charge is 0.331 e. The van der Waals surface area contributed by atoms with Crippen LogP contribution in [0.5, 0.6) is 0 Å². The third-order valence-electron chi connectivity index (χ3n) is 11.2. The van der Waals surface area contributed by atoms with Crippen LogP contribution in [0.3, 0.4) is 0 Å².